The molecule has 0 heterocycles. The van der Waals surface area contributed by atoms with E-state index in [1.165, 1.54) is 16.3 Å². The van der Waals surface area contributed by atoms with Gasteiger partial charge in [-0.3, -0.25) is 0 Å². The van der Waals surface area contributed by atoms with Crippen molar-refractivity contribution < 1.29 is 26.2 Å². The van der Waals surface area contributed by atoms with Crippen molar-refractivity contribution in [3.05, 3.63) is 56.8 Å². The van der Waals surface area contributed by atoms with Crippen LogP contribution in [0, 0.1) is 14.9 Å². The van der Waals surface area contributed by atoms with Gasteiger partial charge in [-0.2, -0.15) is 6.07 Å². The van der Waals surface area contributed by atoms with E-state index >= 15 is 0 Å². The summed E-state index contributed by atoms with van der Waals surface area (Å²) in [6.45, 7) is 2.20. The van der Waals surface area contributed by atoms with Gasteiger partial charge in [0.05, 0.1) is 0 Å². The van der Waals surface area contributed by atoms with Gasteiger partial charge in [0.2, 0.25) is 0 Å². The zero-order chi connectivity index (χ0) is 7.68. The molecule has 14 heavy (non-hydrogen) atoms. The van der Waals surface area contributed by atoms with Gasteiger partial charge in [0.25, 0.3) is 0 Å². The molecule has 0 aliphatic rings. The zero-order valence-corrected chi connectivity index (χ0v) is 11.6. The molecule has 0 aliphatic carbocycles. The summed E-state index contributed by atoms with van der Waals surface area (Å²) < 4.78 is 0. The van der Waals surface area contributed by atoms with E-state index in [-0.39, 0.29) is 41.1 Å². The first-order valence-corrected chi connectivity index (χ1v) is 4.05. The van der Waals surface area contributed by atoms with Crippen molar-refractivity contribution in [3.63, 3.8) is 0 Å². The first-order chi connectivity index (χ1) is 5.42. The predicted octanol–water partition coefficient (Wildman–Crippen LogP) is 4.02. The molecule has 0 unspecified atom stereocenters. The van der Waals surface area contributed by atoms with Crippen LogP contribution < -0.4 is 0 Å². The fourth-order valence-electron chi connectivity index (χ4n) is 1.52. The fraction of sp³-hybridized carbons (Fsp3) is 0.154. The van der Waals surface area contributed by atoms with Crippen LogP contribution in [0.3, 0.4) is 0 Å². The molecule has 0 N–H and O–H groups in total. The Bertz CT molecular complexity index is 360. The Hall–Kier alpha value is -0.287. The summed E-state index contributed by atoms with van der Waals surface area (Å²) in [5, 5.41) is 2.78. The Balaban J connectivity index is 0. The van der Waals surface area contributed by atoms with Crippen molar-refractivity contribution in [1.29, 1.82) is 0 Å². The number of hydrogen-bond acceptors (Lipinski definition) is 0. The predicted molar refractivity (Wildman–Crippen MR) is 61.7 cm³/mol. The molecule has 0 aromatic heterocycles. The summed E-state index contributed by atoms with van der Waals surface area (Å²) >= 11 is 0. The first kappa shape index (κ1) is 16.2. The smallest absolute Gasteiger partial charge is 0.358 e. The van der Waals surface area contributed by atoms with E-state index in [0.29, 0.717) is 0 Å². The summed E-state index contributed by atoms with van der Waals surface area (Å²) in [5.41, 5.74) is 1.46. The summed E-state index contributed by atoms with van der Waals surface area (Å²) in [6, 6.07) is 12.9. The molecule has 0 saturated carbocycles. The Morgan fingerprint density at radius 2 is 1.71 bits per heavy atom. The molecule has 0 nitrogen and oxygen atoms in total. The van der Waals surface area contributed by atoms with E-state index < -0.39 is 0 Å². The van der Waals surface area contributed by atoms with E-state index in [9.17, 15) is 0 Å². The molecule has 0 atom stereocenters. The van der Waals surface area contributed by atoms with Gasteiger partial charge in [-0.05, 0) is 0 Å². The molecular formula is C13H17Zr. The molecule has 0 bridgehead atoms. The quantitative estimate of drug-likeness (QED) is 0.683. The van der Waals surface area contributed by atoms with Crippen molar-refractivity contribution in [2.75, 3.05) is 0 Å². The number of rotatable bonds is 1. The van der Waals surface area contributed by atoms with Crippen LogP contribution in [0.2, 0.25) is 0 Å². The minimum atomic E-state index is 0. The van der Waals surface area contributed by atoms with E-state index in [4.69, 9.17) is 0 Å². The molecule has 1 radical (unpaired) electrons. The average molecular weight is 265 g/mol. The maximum Gasteiger partial charge on any atom is 3.00 e. The fourth-order valence-corrected chi connectivity index (χ4v) is 1.52. The standard InChI is InChI=1S/C11H11.2CH3.Zr/c1-2-9-7-8-10-5-3-4-6-11(9)10;;;/h3-8H,2H2,1H3;2*1H3;/q3*-1;+3. The minimum Gasteiger partial charge on any atom is -0.358 e. The van der Waals surface area contributed by atoms with Crippen LogP contribution in [0.1, 0.15) is 12.5 Å². The topological polar surface area (TPSA) is 0 Å². The second kappa shape index (κ2) is 7.06. The molecule has 2 aromatic rings. The molecule has 1 heteroatoms. The molecule has 0 aliphatic heterocycles. The summed E-state index contributed by atoms with van der Waals surface area (Å²) in [4.78, 5) is 0. The number of hydrogen-bond donors (Lipinski definition) is 0. The Labute approximate surface area is 107 Å². The number of benzene rings is 1. The normalized spacial score (nSPS) is 8.36. The van der Waals surface area contributed by atoms with Crippen LogP contribution in [0.4, 0.5) is 0 Å². The molecule has 0 amide bonds. The minimum absolute atomic E-state index is 0. The molecule has 2 rings (SSSR count). The van der Waals surface area contributed by atoms with Gasteiger partial charge in [0, 0.05) is 0 Å². The largest absolute Gasteiger partial charge is 3.00 e. The molecule has 73 valence electrons. The van der Waals surface area contributed by atoms with Crippen molar-refractivity contribution in [2.24, 2.45) is 0 Å². The van der Waals surface area contributed by atoms with Gasteiger partial charge in [0.15, 0.2) is 0 Å². The van der Waals surface area contributed by atoms with Crippen LogP contribution in [0.25, 0.3) is 10.8 Å². The van der Waals surface area contributed by atoms with Gasteiger partial charge in [0.1, 0.15) is 0 Å². The Kier molecular flexibility index (Phi) is 8.15. The van der Waals surface area contributed by atoms with Crippen LogP contribution in [0.15, 0.2) is 36.4 Å². The van der Waals surface area contributed by atoms with Crippen LogP contribution in [0.5, 0.6) is 0 Å². The summed E-state index contributed by atoms with van der Waals surface area (Å²) in [7, 11) is 0. The zero-order valence-electron chi connectivity index (χ0n) is 9.17. The van der Waals surface area contributed by atoms with Crippen molar-refractivity contribution in [2.45, 2.75) is 13.3 Å². The second-order valence-electron chi connectivity index (χ2n) is 2.80. The van der Waals surface area contributed by atoms with Crippen molar-refractivity contribution in [1.82, 2.24) is 0 Å². The maximum absolute atomic E-state index is 2.21. The average Bonchev–Trinajstić information content (AvgIpc) is 2.47. The molecule has 0 saturated heterocycles. The van der Waals surface area contributed by atoms with E-state index in [1.54, 1.807) is 0 Å². The second-order valence-corrected chi connectivity index (χ2v) is 2.80. The van der Waals surface area contributed by atoms with Crippen molar-refractivity contribution >= 4 is 10.8 Å². The van der Waals surface area contributed by atoms with Crippen molar-refractivity contribution in [3.8, 4) is 0 Å². The summed E-state index contributed by atoms with van der Waals surface area (Å²) in [5.74, 6) is 0. The third-order valence-corrected chi connectivity index (χ3v) is 2.15. The maximum atomic E-state index is 2.21. The van der Waals surface area contributed by atoms with Gasteiger partial charge in [-0.15, -0.1) is 40.6 Å². The van der Waals surface area contributed by atoms with Crippen LogP contribution >= 0.6 is 0 Å². The number of fused-ring (bicyclic) bond motifs is 1. The molecular weight excluding hydrogens is 247 g/mol. The third kappa shape index (κ3) is 2.85. The van der Waals surface area contributed by atoms with E-state index in [2.05, 4.69) is 43.3 Å². The monoisotopic (exact) mass is 263 g/mol. The van der Waals surface area contributed by atoms with E-state index in [1.807, 2.05) is 0 Å². The first-order valence-electron chi connectivity index (χ1n) is 4.05. The van der Waals surface area contributed by atoms with Gasteiger partial charge in [-0.25, -0.2) is 0 Å². The van der Waals surface area contributed by atoms with Crippen LogP contribution in [-0.4, -0.2) is 0 Å². The van der Waals surface area contributed by atoms with Gasteiger partial charge >= 0.3 is 26.2 Å². The molecule has 0 fully saturated rings. The molecule has 0 spiro atoms. The SMILES string of the molecule is CC[c-]1ccc2ccccc21.[CH3-].[CH3-].[Zr+3]. The van der Waals surface area contributed by atoms with Gasteiger partial charge in [-0.1, -0.05) is 19.4 Å². The number of aryl methyl sites for hydroxylation is 1. The van der Waals surface area contributed by atoms with E-state index in [0.717, 1.165) is 6.42 Å². The Morgan fingerprint density at radius 1 is 1.07 bits per heavy atom. The van der Waals surface area contributed by atoms with Crippen LogP contribution in [-0.2, 0) is 32.6 Å². The Morgan fingerprint density at radius 3 is 2.36 bits per heavy atom. The summed E-state index contributed by atoms with van der Waals surface area (Å²) in [6.07, 6.45) is 1.13. The third-order valence-electron chi connectivity index (χ3n) is 2.15. The molecule has 2 aromatic carbocycles. The van der Waals surface area contributed by atoms with Gasteiger partial charge < -0.3 is 14.9 Å².